The number of rotatable bonds is 2. The van der Waals surface area contributed by atoms with E-state index in [-0.39, 0.29) is 11.5 Å². The molecule has 2 heteroatoms. The van der Waals surface area contributed by atoms with Crippen molar-refractivity contribution in [1.29, 1.82) is 5.26 Å². The highest BCUT2D eigenvalue weighted by atomic mass is 14.9. The molecule has 0 radical (unpaired) electrons. The summed E-state index contributed by atoms with van der Waals surface area (Å²) >= 11 is 0. The lowest BCUT2D eigenvalue weighted by Gasteiger charge is -2.24. The summed E-state index contributed by atoms with van der Waals surface area (Å²) < 4.78 is 0. The molecule has 0 saturated heterocycles. The van der Waals surface area contributed by atoms with Gasteiger partial charge < -0.3 is 5.32 Å². The molecule has 0 aromatic heterocycles. The molecule has 0 aromatic carbocycles. The van der Waals surface area contributed by atoms with Crippen LogP contribution in [0.25, 0.3) is 0 Å². The largest absolute Gasteiger partial charge is 0.302 e. The molecule has 0 aliphatic heterocycles. The summed E-state index contributed by atoms with van der Waals surface area (Å²) in [4.78, 5) is 0. The van der Waals surface area contributed by atoms with Crippen molar-refractivity contribution in [2.45, 2.75) is 33.7 Å². The van der Waals surface area contributed by atoms with Crippen LogP contribution in [0, 0.1) is 16.7 Å². The summed E-state index contributed by atoms with van der Waals surface area (Å²) in [5.41, 5.74) is 0.0464. The standard InChI is InChI=1S/C8H16N2/c1-5-10-7(6-9)8(2,3)4/h7,10H,5H2,1-4H3. The average Bonchev–Trinajstić information content (AvgIpc) is 1.80. The van der Waals surface area contributed by atoms with Crippen molar-refractivity contribution in [3.8, 4) is 6.07 Å². The lowest BCUT2D eigenvalue weighted by atomic mass is 9.88. The van der Waals surface area contributed by atoms with E-state index in [1.165, 1.54) is 0 Å². The Morgan fingerprint density at radius 1 is 1.50 bits per heavy atom. The molecule has 0 bridgehead atoms. The van der Waals surface area contributed by atoms with Crippen LogP contribution < -0.4 is 5.32 Å². The van der Waals surface area contributed by atoms with Gasteiger partial charge >= 0.3 is 0 Å². The Hall–Kier alpha value is -0.550. The van der Waals surface area contributed by atoms with Crippen molar-refractivity contribution < 1.29 is 0 Å². The van der Waals surface area contributed by atoms with Crippen LogP contribution in [-0.4, -0.2) is 12.6 Å². The third-order valence-corrected chi connectivity index (χ3v) is 1.40. The molecule has 1 N–H and O–H groups in total. The van der Waals surface area contributed by atoms with Gasteiger partial charge in [0.2, 0.25) is 0 Å². The van der Waals surface area contributed by atoms with Crippen LogP contribution in [0.4, 0.5) is 0 Å². The first-order chi connectivity index (χ1) is 4.52. The average molecular weight is 140 g/mol. The van der Waals surface area contributed by atoms with Crippen LogP contribution in [-0.2, 0) is 0 Å². The summed E-state index contributed by atoms with van der Waals surface area (Å²) in [5, 5.41) is 11.8. The summed E-state index contributed by atoms with van der Waals surface area (Å²) in [7, 11) is 0. The third-order valence-electron chi connectivity index (χ3n) is 1.40. The topological polar surface area (TPSA) is 35.8 Å². The molecule has 0 spiro atoms. The predicted molar refractivity (Wildman–Crippen MR) is 42.5 cm³/mol. The zero-order valence-corrected chi connectivity index (χ0v) is 7.23. The van der Waals surface area contributed by atoms with Gasteiger partial charge in [0.1, 0.15) is 6.04 Å². The van der Waals surface area contributed by atoms with Crippen molar-refractivity contribution in [3.63, 3.8) is 0 Å². The number of hydrogen-bond donors (Lipinski definition) is 1. The number of nitrogens with one attached hydrogen (secondary N) is 1. The number of nitrogens with zero attached hydrogens (tertiary/aromatic N) is 1. The van der Waals surface area contributed by atoms with Gasteiger partial charge in [0.15, 0.2) is 0 Å². The van der Waals surface area contributed by atoms with Crippen molar-refractivity contribution in [1.82, 2.24) is 5.32 Å². The molecule has 58 valence electrons. The molecule has 0 saturated carbocycles. The molecule has 0 amide bonds. The molecule has 0 aliphatic rings. The summed E-state index contributed by atoms with van der Waals surface area (Å²) in [6.07, 6.45) is 0. The quantitative estimate of drug-likeness (QED) is 0.631. The van der Waals surface area contributed by atoms with E-state index in [0.717, 1.165) is 6.54 Å². The normalized spacial score (nSPS) is 14.3. The summed E-state index contributed by atoms with van der Waals surface area (Å²) in [5.74, 6) is 0. The fourth-order valence-corrected chi connectivity index (χ4v) is 0.750. The van der Waals surface area contributed by atoms with Crippen molar-refractivity contribution in [3.05, 3.63) is 0 Å². The monoisotopic (exact) mass is 140 g/mol. The first-order valence-corrected chi connectivity index (χ1v) is 3.65. The molecule has 2 nitrogen and oxygen atoms in total. The third kappa shape index (κ3) is 2.84. The molecular formula is C8H16N2. The zero-order chi connectivity index (χ0) is 8.20. The Morgan fingerprint density at radius 3 is 2.10 bits per heavy atom. The molecule has 1 unspecified atom stereocenters. The first-order valence-electron chi connectivity index (χ1n) is 3.65. The van der Waals surface area contributed by atoms with Crippen LogP contribution in [0.3, 0.4) is 0 Å². The van der Waals surface area contributed by atoms with E-state index in [4.69, 9.17) is 5.26 Å². The predicted octanol–water partition coefficient (Wildman–Crippen LogP) is 1.53. The highest BCUT2D eigenvalue weighted by molar-refractivity contribution is 4.97. The van der Waals surface area contributed by atoms with E-state index in [0.29, 0.717) is 0 Å². The van der Waals surface area contributed by atoms with Gasteiger partial charge in [-0.2, -0.15) is 5.26 Å². The maximum absolute atomic E-state index is 8.68. The van der Waals surface area contributed by atoms with Gasteiger partial charge in [-0.3, -0.25) is 0 Å². The van der Waals surface area contributed by atoms with Gasteiger partial charge in [0, 0.05) is 0 Å². The van der Waals surface area contributed by atoms with Gasteiger partial charge in [-0.25, -0.2) is 0 Å². The summed E-state index contributed by atoms with van der Waals surface area (Å²) in [6, 6.07) is 2.20. The van der Waals surface area contributed by atoms with E-state index < -0.39 is 0 Å². The summed E-state index contributed by atoms with van der Waals surface area (Å²) in [6.45, 7) is 9.04. The molecule has 0 aromatic rings. The van der Waals surface area contributed by atoms with E-state index in [2.05, 4.69) is 32.2 Å². The molecule has 0 aliphatic carbocycles. The van der Waals surface area contributed by atoms with E-state index in [1.54, 1.807) is 0 Å². The van der Waals surface area contributed by atoms with Gasteiger partial charge in [-0.05, 0) is 12.0 Å². The van der Waals surface area contributed by atoms with Crippen LogP contribution in [0.1, 0.15) is 27.7 Å². The lowest BCUT2D eigenvalue weighted by molar-refractivity contribution is 0.324. The second-order valence-electron chi connectivity index (χ2n) is 3.49. The van der Waals surface area contributed by atoms with Crippen molar-refractivity contribution in [2.24, 2.45) is 5.41 Å². The molecule has 10 heavy (non-hydrogen) atoms. The molecular weight excluding hydrogens is 124 g/mol. The minimum Gasteiger partial charge on any atom is -0.302 e. The molecule has 1 atom stereocenters. The highest BCUT2D eigenvalue weighted by Gasteiger charge is 2.22. The second-order valence-corrected chi connectivity index (χ2v) is 3.49. The zero-order valence-electron chi connectivity index (χ0n) is 7.23. The number of nitriles is 1. The lowest BCUT2D eigenvalue weighted by Crippen LogP contribution is -2.38. The first kappa shape index (κ1) is 9.45. The van der Waals surface area contributed by atoms with E-state index >= 15 is 0 Å². The maximum atomic E-state index is 8.68. The fourth-order valence-electron chi connectivity index (χ4n) is 0.750. The second kappa shape index (κ2) is 3.58. The Labute approximate surface area is 63.2 Å². The fraction of sp³-hybridized carbons (Fsp3) is 0.875. The van der Waals surface area contributed by atoms with Crippen LogP contribution in [0.2, 0.25) is 0 Å². The van der Waals surface area contributed by atoms with Gasteiger partial charge in [-0.1, -0.05) is 27.7 Å². The minimum atomic E-state index is -0.0301. The van der Waals surface area contributed by atoms with E-state index in [1.807, 2.05) is 6.92 Å². The van der Waals surface area contributed by atoms with Crippen LogP contribution in [0.5, 0.6) is 0 Å². The van der Waals surface area contributed by atoms with Gasteiger partial charge in [0.25, 0.3) is 0 Å². The molecule has 0 fully saturated rings. The minimum absolute atomic E-state index is 0.0301. The molecule has 0 rings (SSSR count). The molecule has 0 heterocycles. The van der Waals surface area contributed by atoms with Gasteiger partial charge in [0.05, 0.1) is 6.07 Å². The highest BCUT2D eigenvalue weighted by Crippen LogP contribution is 2.17. The Balaban J connectivity index is 3.98. The SMILES string of the molecule is CCNC(C#N)C(C)(C)C. The maximum Gasteiger partial charge on any atom is 0.100 e. The van der Waals surface area contributed by atoms with Crippen LogP contribution in [0.15, 0.2) is 0 Å². The Kier molecular flexibility index (Phi) is 3.38. The van der Waals surface area contributed by atoms with Crippen LogP contribution >= 0.6 is 0 Å². The van der Waals surface area contributed by atoms with Crippen molar-refractivity contribution in [2.75, 3.05) is 6.54 Å². The van der Waals surface area contributed by atoms with Gasteiger partial charge in [-0.15, -0.1) is 0 Å². The Morgan fingerprint density at radius 2 is 2.00 bits per heavy atom. The smallest absolute Gasteiger partial charge is 0.100 e. The van der Waals surface area contributed by atoms with E-state index in [9.17, 15) is 0 Å². The number of hydrogen-bond acceptors (Lipinski definition) is 2. The van der Waals surface area contributed by atoms with Crippen molar-refractivity contribution >= 4 is 0 Å². The Bertz CT molecular complexity index is 127.